The van der Waals surface area contributed by atoms with Crippen molar-refractivity contribution in [2.45, 2.75) is 32.7 Å². The summed E-state index contributed by atoms with van der Waals surface area (Å²) in [5, 5.41) is 10.2. The maximum absolute atomic E-state index is 17.0. The normalized spacial score (nSPS) is 19.0. The molecule has 0 radical (unpaired) electrons. The fourth-order valence-corrected chi connectivity index (χ4v) is 7.89. The fraction of sp³-hybridized carbons (Fsp3) is 0.364. The van der Waals surface area contributed by atoms with Gasteiger partial charge in [0.2, 0.25) is 6.43 Å². The summed E-state index contributed by atoms with van der Waals surface area (Å²) in [5.74, 6) is -2.04. The van der Waals surface area contributed by atoms with E-state index in [1.807, 2.05) is 24.9 Å². The molecule has 4 heterocycles. The van der Waals surface area contributed by atoms with Gasteiger partial charge in [0.25, 0.3) is 0 Å². The molecule has 0 aliphatic carbocycles. The van der Waals surface area contributed by atoms with Crippen molar-refractivity contribution in [3.05, 3.63) is 58.5 Å². The molecule has 1 aliphatic heterocycles. The van der Waals surface area contributed by atoms with Crippen LogP contribution in [0.5, 0.6) is 6.01 Å². The van der Waals surface area contributed by atoms with Gasteiger partial charge in [-0.1, -0.05) is 24.6 Å². The lowest BCUT2D eigenvalue weighted by molar-refractivity contribution is -0.0679. The second kappa shape index (κ2) is 13.1. The van der Waals surface area contributed by atoms with Crippen molar-refractivity contribution in [2.75, 3.05) is 50.2 Å². The van der Waals surface area contributed by atoms with Crippen LogP contribution in [0.15, 0.2) is 30.7 Å². The van der Waals surface area contributed by atoms with Crippen LogP contribution < -0.4 is 21.1 Å². The summed E-state index contributed by atoms with van der Waals surface area (Å²) in [5.41, 5.74) is 11.6. The Morgan fingerprint density at radius 3 is 2.71 bits per heavy atom. The zero-order valence-corrected chi connectivity index (χ0v) is 28.5. The first kappa shape index (κ1) is 34.3. The number of hydrogen-bond donors (Lipinski definition) is 2. The van der Waals surface area contributed by atoms with Crippen molar-refractivity contribution in [2.24, 2.45) is 11.3 Å². The molecule has 3 atom stereocenters. The molecule has 0 amide bonds. The predicted molar refractivity (Wildman–Crippen MR) is 183 cm³/mol. The van der Waals surface area contributed by atoms with Crippen LogP contribution in [0.25, 0.3) is 32.1 Å². The largest absolute Gasteiger partial charge is 0.463 e. The number of nitrogens with two attached hydrogens (primary N) is 2. The Labute approximate surface area is 288 Å². The first-order chi connectivity index (χ1) is 23.2. The van der Waals surface area contributed by atoms with E-state index in [1.54, 1.807) is 25.1 Å². The molecule has 16 heteroatoms. The molecule has 0 saturated carbocycles. The van der Waals surface area contributed by atoms with E-state index in [0.717, 1.165) is 17.4 Å². The van der Waals surface area contributed by atoms with E-state index in [-0.39, 0.29) is 78.4 Å². The van der Waals surface area contributed by atoms with E-state index in [9.17, 15) is 18.4 Å². The molecule has 0 unspecified atom stereocenters. The molecule has 3 aromatic heterocycles. The van der Waals surface area contributed by atoms with E-state index in [2.05, 4.69) is 19.9 Å². The number of aromatic nitrogens is 4. The third-order valence-corrected chi connectivity index (χ3v) is 10.7. The number of anilines is 3. The highest BCUT2D eigenvalue weighted by Gasteiger charge is 2.44. The van der Waals surface area contributed by atoms with Crippen molar-refractivity contribution in [3.63, 3.8) is 0 Å². The van der Waals surface area contributed by atoms with E-state index < -0.39 is 35.4 Å². The molecule has 1 saturated heterocycles. The van der Waals surface area contributed by atoms with Crippen LogP contribution in [0.2, 0.25) is 5.02 Å². The zero-order chi connectivity index (χ0) is 35.4. The number of halogens is 5. The number of likely N-dealkylation sites (tertiary alicyclic amines) is 1. The minimum absolute atomic E-state index is 0.00651. The monoisotopic (exact) mass is 713 g/mol. The Morgan fingerprint density at radius 1 is 1.27 bits per heavy atom. The third kappa shape index (κ3) is 6.02. The van der Waals surface area contributed by atoms with Crippen molar-refractivity contribution < 1.29 is 22.3 Å². The number of alkyl halides is 2. The van der Waals surface area contributed by atoms with E-state index in [4.69, 9.17) is 27.8 Å². The Bertz CT molecular complexity index is 2130. The van der Waals surface area contributed by atoms with Gasteiger partial charge in [-0.05, 0) is 44.6 Å². The molecule has 0 spiro atoms. The SMILES string of the molecule is C[C@H](c1cncnc1N)N(C)c1nc(OC[C@]2(C)CN(C)CC[C@@H]2C(F)F)nc2c(F)c(-c3ccc(F)c4sc(N)c(C#N)c34)c(Cl)cc12. The molecule has 0 bridgehead atoms. The predicted octanol–water partition coefficient (Wildman–Crippen LogP) is 7.07. The Kier molecular flexibility index (Phi) is 9.16. The highest BCUT2D eigenvalue weighted by atomic mass is 35.5. The summed E-state index contributed by atoms with van der Waals surface area (Å²) >= 11 is 7.67. The van der Waals surface area contributed by atoms with Crippen LogP contribution >= 0.6 is 22.9 Å². The zero-order valence-electron chi connectivity index (χ0n) is 26.9. The summed E-state index contributed by atoms with van der Waals surface area (Å²) in [6.07, 6.45) is 0.578. The molecule has 1 aliphatic rings. The maximum Gasteiger partial charge on any atom is 0.319 e. The molecule has 4 N–H and O–H groups in total. The van der Waals surface area contributed by atoms with Gasteiger partial charge >= 0.3 is 6.01 Å². The number of piperidine rings is 1. The lowest BCUT2D eigenvalue weighted by Gasteiger charge is -2.44. The number of nitrogens with zero attached hydrogens (tertiary/aromatic N) is 7. The average Bonchev–Trinajstić information content (AvgIpc) is 3.40. The van der Waals surface area contributed by atoms with E-state index in [1.165, 1.54) is 18.5 Å². The average molecular weight is 714 g/mol. The molecule has 10 nitrogen and oxygen atoms in total. The van der Waals surface area contributed by atoms with Gasteiger partial charge in [-0.3, -0.25) is 0 Å². The van der Waals surface area contributed by atoms with Crippen molar-refractivity contribution in [1.82, 2.24) is 24.8 Å². The van der Waals surface area contributed by atoms with Gasteiger partial charge in [0.1, 0.15) is 40.4 Å². The third-order valence-electron chi connectivity index (χ3n) is 9.36. The van der Waals surface area contributed by atoms with Crippen LogP contribution in [0.1, 0.15) is 37.4 Å². The smallest absolute Gasteiger partial charge is 0.319 e. The molecule has 5 aromatic rings. The second-order valence-electron chi connectivity index (χ2n) is 12.6. The topological polar surface area (TPSA) is 143 Å². The van der Waals surface area contributed by atoms with Gasteiger partial charge in [0, 0.05) is 53.0 Å². The van der Waals surface area contributed by atoms with E-state index >= 15 is 4.39 Å². The van der Waals surface area contributed by atoms with Crippen LogP contribution in [0.4, 0.5) is 34.2 Å². The molecule has 49 heavy (non-hydrogen) atoms. The Balaban J connectivity index is 1.55. The van der Waals surface area contributed by atoms with Crippen molar-refractivity contribution >= 4 is 60.6 Å². The van der Waals surface area contributed by atoms with Gasteiger partial charge in [0.15, 0.2) is 5.82 Å². The maximum atomic E-state index is 17.0. The minimum Gasteiger partial charge on any atom is -0.463 e. The number of benzene rings is 2. The molecule has 1 fully saturated rings. The molecule has 2 aromatic carbocycles. The van der Waals surface area contributed by atoms with Gasteiger partial charge in [0.05, 0.1) is 27.9 Å². The lowest BCUT2D eigenvalue weighted by atomic mass is 9.73. The van der Waals surface area contributed by atoms with Crippen LogP contribution in [0, 0.1) is 34.3 Å². The van der Waals surface area contributed by atoms with Crippen LogP contribution in [0.3, 0.4) is 0 Å². The Hall–Kier alpha value is -4.52. The fourth-order valence-electron chi connectivity index (χ4n) is 6.65. The number of nitrogen functional groups attached to an aromatic ring is 2. The first-order valence-electron chi connectivity index (χ1n) is 15.2. The second-order valence-corrected chi connectivity index (χ2v) is 14.0. The first-order valence-corrected chi connectivity index (χ1v) is 16.4. The number of fused-ring (bicyclic) bond motifs is 2. The van der Waals surface area contributed by atoms with Gasteiger partial charge in [-0.2, -0.15) is 15.2 Å². The Morgan fingerprint density at radius 2 is 2.02 bits per heavy atom. The number of thiophene rings is 1. The number of nitriles is 1. The molecule has 256 valence electrons. The summed E-state index contributed by atoms with van der Waals surface area (Å²) in [6, 6.07) is 5.19. The quantitative estimate of drug-likeness (QED) is 0.160. The standard InChI is InChI=1S/C33H32ClF4N9OS/c1-15(19-11-42-14-43-29(19)40)47(4)31-17-9-21(34)24(16-5-6-22(35)27-23(16)18(10-39)30(41)49-27)25(36)26(17)44-32(45-31)48-13-33(2)12-46(3)8-7-20(33)28(37)38/h5-6,9,11,14-15,20,28H,7-8,12-13,41H2,1-4H3,(H2,40,42,43)/t15-,20-,33+/m1/s1. The number of ether oxygens (including phenoxy) is 1. The molecular formula is C33H32ClF4N9OS. The molecular weight excluding hydrogens is 682 g/mol. The summed E-state index contributed by atoms with van der Waals surface area (Å²) in [7, 11) is 3.55. The summed E-state index contributed by atoms with van der Waals surface area (Å²) in [4.78, 5) is 20.9. The summed E-state index contributed by atoms with van der Waals surface area (Å²) in [6.45, 7) is 4.24. The lowest BCUT2D eigenvalue weighted by Crippen LogP contribution is -2.51. The van der Waals surface area contributed by atoms with E-state index in [0.29, 0.717) is 18.7 Å². The molecule has 6 rings (SSSR count). The highest BCUT2D eigenvalue weighted by molar-refractivity contribution is 7.23. The van der Waals surface area contributed by atoms with Crippen LogP contribution in [-0.4, -0.2) is 65.1 Å². The minimum atomic E-state index is -2.57. The highest BCUT2D eigenvalue weighted by Crippen LogP contribution is 2.46. The van der Waals surface area contributed by atoms with Gasteiger partial charge in [-0.15, -0.1) is 11.3 Å². The van der Waals surface area contributed by atoms with Crippen molar-refractivity contribution in [1.29, 1.82) is 5.26 Å². The summed E-state index contributed by atoms with van der Waals surface area (Å²) < 4.78 is 66.4. The van der Waals surface area contributed by atoms with Crippen LogP contribution in [-0.2, 0) is 0 Å². The number of rotatable bonds is 8. The van der Waals surface area contributed by atoms with Crippen molar-refractivity contribution in [3.8, 4) is 23.2 Å². The van der Waals surface area contributed by atoms with Gasteiger partial charge < -0.3 is 26.0 Å². The number of hydrogen-bond acceptors (Lipinski definition) is 11. The van der Waals surface area contributed by atoms with Gasteiger partial charge in [-0.25, -0.2) is 27.5 Å².